The first-order chi connectivity index (χ1) is 10.4. The monoisotopic (exact) mass is 267 g/mol. The SMILES string of the molecule is c1ccc2c(c1)ccc1cc3[nH]c4ccccc4c3cc12. The molecule has 0 aliphatic carbocycles. The summed E-state index contributed by atoms with van der Waals surface area (Å²) in [6, 6.07) is 26.1. The fourth-order valence-electron chi connectivity index (χ4n) is 3.35. The highest BCUT2D eigenvalue weighted by Gasteiger charge is 2.07. The van der Waals surface area contributed by atoms with Crippen molar-refractivity contribution in [2.75, 3.05) is 0 Å². The fraction of sp³-hybridized carbons (Fsp3) is 0. The molecule has 4 aromatic carbocycles. The molecule has 0 fully saturated rings. The molecule has 0 bridgehead atoms. The number of fused-ring (bicyclic) bond motifs is 6. The Bertz CT molecular complexity index is 1130. The first-order valence-electron chi connectivity index (χ1n) is 7.22. The van der Waals surface area contributed by atoms with Gasteiger partial charge in [0.1, 0.15) is 0 Å². The average molecular weight is 267 g/mol. The largest absolute Gasteiger partial charge is 0.354 e. The Balaban J connectivity index is 2.06. The summed E-state index contributed by atoms with van der Waals surface area (Å²) in [6.45, 7) is 0. The molecule has 0 spiro atoms. The number of nitrogens with one attached hydrogen (secondary N) is 1. The van der Waals surface area contributed by atoms with E-state index in [1.807, 2.05) is 0 Å². The summed E-state index contributed by atoms with van der Waals surface area (Å²) in [6.07, 6.45) is 0. The standard InChI is InChI=1S/C20H13N/c1-2-6-15-13(5-1)9-10-14-11-20-18(12-17(14)15)16-7-3-4-8-19(16)21-20/h1-12,21H. The first-order valence-corrected chi connectivity index (χ1v) is 7.22. The molecule has 0 saturated carbocycles. The third kappa shape index (κ3) is 1.46. The van der Waals surface area contributed by atoms with Crippen molar-refractivity contribution in [3.63, 3.8) is 0 Å². The van der Waals surface area contributed by atoms with Gasteiger partial charge in [0.25, 0.3) is 0 Å². The van der Waals surface area contributed by atoms with E-state index in [2.05, 4.69) is 77.8 Å². The highest BCUT2D eigenvalue weighted by Crippen LogP contribution is 2.32. The number of benzene rings is 4. The predicted octanol–water partition coefficient (Wildman–Crippen LogP) is 5.63. The molecule has 0 atom stereocenters. The molecule has 0 unspecified atom stereocenters. The number of hydrogen-bond acceptors (Lipinski definition) is 0. The maximum Gasteiger partial charge on any atom is 0.0471 e. The van der Waals surface area contributed by atoms with Gasteiger partial charge in [-0.1, -0.05) is 54.6 Å². The average Bonchev–Trinajstić information content (AvgIpc) is 2.90. The maximum atomic E-state index is 3.52. The van der Waals surface area contributed by atoms with Crippen LogP contribution in [0.2, 0.25) is 0 Å². The Morgan fingerprint density at radius 1 is 0.476 bits per heavy atom. The second kappa shape index (κ2) is 3.86. The molecule has 0 aliphatic heterocycles. The van der Waals surface area contributed by atoms with Crippen molar-refractivity contribution in [3.8, 4) is 0 Å². The summed E-state index contributed by atoms with van der Waals surface area (Å²) in [7, 11) is 0. The first kappa shape index (κ1) is 10.9. The normalized spacial score (nSPS) is 11.8. The minimum absolute atomic E-state index is 1.20. The molecule has 0 amide bonds. The smallest absolute Gasteiger partial charge is 0.0471 e. The zero-order valence-electron chi connectivity index (χ0n) is 11.4. The predicted molar refractivity (Wildman–Crippen MR) is 90.8 cm³/mol. The van der Waals surface area contributed by atoms with Crippen LogP contribution in [0.15, 0.2) is 72.8 Å². The van der Waals surface area contributed by atoms with E-state index in [9.17, 15) is 0 Å². The lowest BCUT2D eigenvalue weighted by atomic mass is 10.00. The number of H-pyrrole nitrogens is 1. The highest BCUT2D eigenvalue weighted by atomic mass is 14.7. The van der Waals surface area contributed by atoms with Crippen LogP contribution < -0.4 is 0 Å². The molecule has 0 aliphatic rings. The van der Waals surface area contributed by atoms with Crippen LogP contribution in [0.25, 0.3) is 43.4 Å². The number of aromatic amines is 1. The van der Waals surface area contributed by atoms with Crippen LogP contribution in [-0.4, -0.2) is 4.98 Å². The van der Waals surface area contributed by atoms with Crippen LogP contribution in [0.1, 0.15) is 0 Å². The summed E-state index contributed by atoms with van der Waals surface area (Å²) in [5.74, 6) is 0. The van der Waals surface area contributed by atoms with Crippen LogP contribution in [0, 0.1) is 0 Å². The minimum Gasteiger partial charge on any atom is -0.354 e. The molecule has 1 nitrogen and oxygen atoms in total. The van der Waals surface area contributed by atoms with Gasteiger partial charge in [0.2, 0.25) is 0 Å². The van der Waals surface area contributed by atoms with Gasteiger partial charge in [0, 0.05) is 21.8 Å². The Morgan fingerprint density at radius 2 is 1.24 bits per heavy atom. The Morgan fingerprint density at radius 3 is 2.19 bits per heavy atom. The van der Waals surface area contributed by atoms with Crippen molar-refractivity contribution in [2.45, 2.75) is 0 Å². The highest BCUT2D eigenvalue weighted by molar-refractivity contribution is 6.17. The molecular weight excluding hydrogens is 254 g/mol. The number of rotatable bonds is 0. The van der Waals surface area contributed by atoms with E-state index in [4.69, 9.17) is 0 Å². The van der Waals surface area contributed by atoms with Crippen molar-refractivity contribution in [1.29, 1.82) is 0 Å². The van der Waals surface area contributed by atoms with Crippen molar-refractivity contribution in [3.05, 3.63) is 72.8 Å². The van der Waals surface area contributed by atoms with Gasteiger partial charge in [-0.25, -0.2) is 0 Å². The molecule has 5 aromatic rings. The van der Waals surface area contributed by atoms with E-state index in [-0.39, 0.29) is 0 Å². The zero-order valence-corrected chi connectivity index (χ0v) is 11.4. The van der Waals surface area contributed by atoms with Crippen LogP contribution >= 0.6 is 0 Å². The zero-order chi connectivity index (χ0) is 13.8. The topological polar surface area (TPSA) is 15.8 Å². The van der Waals surface area contributed by atoms with Gasteiger partial charge in [-0.2, -0.15) is 0 Å². The maximum absolute atomic E-state index is 3.52. The Hall–Kier alpha value is -2.80. The van der Waals surface area contributed by atoms with E-state index < -0.39 is 0 Å². The van der Waals surface area contributed by atoms with Gasteiger partial charge in [-0.3, -0.25) is 0 Å². The van der Waals surface area contributed by atoms with Gasteiger partial charge in [-0.05, 0) is 39.7 Å². The van der Waals surface area contributed by atoms with Crippen molar-refractivity contribution >= 4 is 43.4 Å². The van der Waals surface area contributed by atoms with Gasteiger partial charge >= 0.3 is 0 Å². The second-order valence-corrected chi connectivity index (χ2v) is 5.58. The summed E-state index contributed by atoms with van der Waals surface area (Å²) >= 11 is 0. The molecule has 5 rings (SSSR count). The van der Waals surface area contributed by atoms with Crippen LogP contribution in [0.5, 0.6) is 0 Å². The van der Waals surface area contributed by atoms with Crippen molar-refractivity contribution < 1.29 is 0 Å². The second-order valence-electron chi connectivity index (χ2n) is 5.58. The Kier molecular flexibility index (Phi) is 2.01. The lowest BCUT2D eigenvalue weighted by Gasteiger charge is -2.04. The quantitative estimate of drug-likeness (QED) is 0.350. The van der Waals surface area contributed by atoms with E-state index in [1.54, 1.807) is 0 Å². The summed E-state index contributed by atoms with van der Waals surface area (Å²) in [5.41, 5.74) is 2.41. The van der Waals surface area contributed by atoms with Gasteiger partial charge in [0.15, 0.2) is 0 Å². The van der Waals surface area contributed by atoms with Crippen LogP contribution in [0.3, 0.4) is 0 Å². The third-order valence-electron chi connectivity index (χ3n) is 4.37. The molecule has 0 radical (unpaired) electrons. The molecular formula is C20H13N. The van der Waals surface area contributed by atoms with E-state index >= 15 is 0 Å². The number of para-hydroxylation sites is 1. The van der Waals surface area contributed by atoms with E-state index in [1.165, 1.54) is 43.4 Å². The van der Waals surface area contributed by atoms with Crippen LogP contribution in [-0.2, 0) is 0 Å². The molecule has 1 N–H and O–H groups in total. The minimum atomic E-state index is 1.20. The summed E-state index contributed by atoms with van der Waals surface area (Å²) in [5, 5.41) is 7.82. The molecule has 21 heavy (non-hydrogen) atoms. The van der Waals surface area contributed by atoms with E-state index in [0.29, 0.717) is 0 Å². The van der Waals surface area contributed by atoms with Gasteiger partial charge in [-0.15, -0.1) is 0 Å². The molecule has 1 heterocycles. The summed E-state index contributed by atoms with van der Waals surface area (Å²) < 4.78 is 0. The van der Waals surface area contributed by atoms with E-state index in [0.717, 1.165) is 0 Å². The molecule has 98 valence electrons. The van der Waals surface area contributed by atoms with Crippen molar-refractivity contribution in [2.24, 2.45) is 0 Å². The van der Waals surface area contributed by atoms with Gasteiger partial charge in [0.05, 0.1) is 0 Å². The van der Waals surface area contributed by atoms with Gasteiger partial charge < -0.3 is 4.98 Å². The lowest BCUT2D eigenvalue weighted by molar-refractivity contribution is 1.55. The summed E-state index contributed by atoms with van der Waals surface area (Å²) in [4.78, 5) is 3.52. The van der Waals surface area contributed by atoms with Crippen LogP contribution in [0.4, 0.5) is 0 Å². The Labute approximate surface area is 121 Å². The number of aromatic nitrogens is 1. The number of hydrogen-bond donors (Lipinski definition) is 1. The molecule has 0 saturated heterocycles. The fourth-order valence-corrected chi connectivity index (χ4v) is 3.35. The molecule has 1 aromatic heterocycles. The lowest BCUT2D eigenvalue weighted by Crippen LogP contribution is -1.78. The molecule has 1 heteroatoms. The van der Waals surface area contributed by atoms with Crippen molar-refractivity contribution in [1.82, 2.24) is 4.98 Å². The third-order valence-corrected chi connectivity index (χ3v) is 4.37.